The van der Waals surface area contributed by atoms with Gasteiger partial charge in [-0.05, 0) is 18.9 Å². The highest BCUT2D eigenvalue weighted by Gasteiger charge is 2.36. The monoisotopic (exact) mass is 363 g/mol. The third-order valence-corrected chi connectivity index (χ3v) is 3.88. The van der Waals surface area contributed by atoms with Gasteiger partial charge in [0.25, 0.3) is 0 Å². The Kier molecular flexibility index (Phi) is 4.40. The number of amides is 1. The van der Waals surface area contributed by atoms with Crippen molar-refractivity contribution in [3.05, 3.63) is 18.0 Å². The summed E-state index contributed by atoms with van der Waals surface area (Å²) in [5.41, 5.74) is 0.213. The van der Waals surface area contributed by atoms with Gasteiger partial charge in [0.15, 0.2) is 6.23 Å². The molecule has 1 aromatic heterocycles. The summed E-state index contributed by atoms with van der Waals surface area (Å²) in [6, 6.07) is 1.49. The average Bonchev–Trinajstić information content (AvgIpc) is 2.47. The van der Waals surface area contributed by atoms with Crippen molar-refractivity contribution in [3.63, 3.8) is 0 Å². The van der Waals surface area contributed by atoms with E-state index in [1.54, 1.807) is 0 Å². The second-order valence-corrected chi connectivity index (χ2v) is 7.15. The van der Waals surface area contributed by atoms with Crippen molar-refractivity contribution >= 4 is 52.6 Å². The second-order valence-electron chi connectivity index (χ2n) is 4.87. The summed E-state index contributed by atoms with van der Waals surface area (Å²) in [4.78, 5) is 24.4. The first-order valence-corrected chi connectivity index (χ1v) is 7.74. The number of carbonyl (C=O) groups excluding carboxylic acids is 1. The van der Waals surface area contributed by atoms with Gasteiger partial charge in [0.1, 0.15) is 0 Å². The smallest absolute Gasteiger partial charge is 0.234 e. The van der Waals surface area contributed by atoms with Crippen LogP contribution in [0.2, 0.25) is 0 Å². The first-order chi connectivity index (χ1) is 10.4. The van der Waals surface area contributed by atoms with Crippen LogP contribution in [-0.4, -0.2) is 34.7 Å². The maximum Gasteiger partial charge on any atom is 0.234 e. The molecule has 2 aliphatic rings. The topological polar surface area (TPSA) is 88.5 Å². The fraction of sp³-hybridized carbons (Fsp3) is 0.500. The van der Waals surface area contributed by atoms with E-state index in [2.05, 4.69) is 25.6 Å². The van der Waals surface area contributed by atoms with Crippen LogP contribution < -0.4 is 10.6 Å². The van der Waals surface area contributed by atoms with E-state index >= 15 is 0 Å². The molecule has 0 saturated carbocycles. The molecule has 0 bridgehead atoms. The Morgan fingerprint density at radius 2 is 2.23 bits per heavy atom. The molecule has 0 unspecified atom stereocenters. The van der Waals surface area contributed by atoms with E-state index in [0.29, 0.717) is 6.61 Å². The Morgan fingerprint density at radius 1 is 1.41 bits per heavy atom. The zero-order valence-electron chi connectivity index (χ0n) is 11.2. The second kappa shape index (κ2) is 6.16. The van der Waals surface area contributed by atoms with Crippen LogP contribution in [0.3, 0.4) is 0 Å². The number of fused-ring (bicyclic) bond motifs is 1. The van der Waals surface area contributed by atoms with Gasteiger partial charge in [-0.15, -0.1) is 0 Å². The number of halogens is 3. The molecule has 1 amide bonds. The SMILES string of the molecule is O=C1NC(Nc2nccc(C(Cl)(Cl)Cl)n2)=N[C@H]2OCCC[C@@H]12. The van der Waals surface area contributed by atoms with Crippen LogP contribution in [0.4, 0.5) is 5.95 Å². The lowest BCUT2D eigenvalue weighted by atomic mass is 9.97. The molecule has 1 aromatic rings. The number of nitrogens with zero attached hydrogens (tertiary/aromatic N) is 3. The molecule has 118 valence electrons. The van der Waals surface area contributed by atoms with E-state index in [1.165, 1.54) is 12.3 Å². The van der Waals surface area contributed by atoms with Gasteiger partial charge in [-0.2, -0.15) is 0 Å². The van der Waals surface area contributed by atoms with Crippen molar-refractivity contribution in [1.82, 2.24) is 15.3 Å². The van der Waals surface area contributed by atoms with Crippen LogP contribution >= 0.6 is 34.8 Å². The summed E-state index contributed by atoms with van der Waals surface area (Å²) in [5, 5.41) is 5.46. The molecule has 0 aliphatic carbocycles. The summed E-state index contributed by atoms with van der Waals surface area (Å²) in [7, 11) is 0. The Bertz CT molecular complexity index is 619. The van der Waals surface area contributed by atoms with Crippen LogP contribution in [0.25, 0.3) is 0 Å². The molecule has 22 heavy (non-hydrogen) atoms. The van der Waals surface area contributed by atoms with E-state index < -0.39 is 10.0 Å². The van der Waals surface area contributed by atoms with Crippen molar-refractivity contribution in [2.45, 2.75) is 22.9 Å². The van der Waals surface area contributed by atoms with Crippen molar-refractivity contribution < 1.29 is 9.53 Å². The lowest BCUT2D eigenvalue weighted by Crippen LogP contribution is -2.50. The summed E-state index contributed by atoms with van der Waals surface area (Å²) in [6.45, 7) is 0.588. The lowest BCUT2D eigenvalue weighted by Gasteiger charge is -2.32. The number of rotatable bonds is 1. The van der Waals surface area contributed by atoms with E-state index in [4.69, 9.17) is 39.5 Å². The minimum atomic E-state index is -1.66. The molecule has 2 aliphatic heterocycles. The number of carbonyl (C=O) groups is 1. The van der Waals surface area contributed by atoms with E-state index in [9.17, 15) is 4.79 Å². The number of hydrogen-bond acceptors (Lipinski definition) is 6. The molecule has 0 aromatic carbocycles. The maximum atomic E-state index is 12.0. The number of anilines is 1. The summed E-state index contributed by atoms with van der Waals surface area (Å²) in [5.74, 6) is -0.0146. The Hall–Kier alpha value is -1.15. The van der Waals surface area contributed by atoms with Gasteiger partial charge in [0.2, 0.25) is 21.6 Å². The summed E-state index contributed by atoms with van der Waals surface area (Å²) in [6.07, 6.45) is 2.56. The van der Waals surface area contributed by atoms with Crippen LogP contribution in [0.1, 0.15) is 18.5 Å². The molecular formula is C12H12Cl3N5O2. The average molecular weight is 365 g/mol. The highest BCUT2D eigenvalue weighted by molar-refractivity contribution is 6.66. The van der Waals surface area contributed by atoms with Crippen LogP contribution in [0, 0.1) is 5.92 Å². The van der Waals surface area contributed by atoms with Gasteiger partial charge in [-0.25, -0.2) is 15.0 Å². The molecular weight excluding hydrogens is 353 g/mol. The van der Waals surface area contributed by atoms with Crippen molar-refractivity contribution in [1.29, 1.82) is 0 Å². The molecule has 2 N–H and O–H groups in total. The molecule has 0 radical (unpaired) electrons. The first kappa shape index (κ1) is 15.7. The Morgan fingerprint density at radius 3 is 3.00 bits per heavy atom. The fourth-order valence-electron chi connectivity index (χ4n) is 2.27. The largest absolute Gasteiger partial charge is 0.356 e. The number of ether oxygens (including phenoxy) is 1. The van der Waals surface area contributed by atoms with Gasteiger partial charge >= 0.3 is 0 Å². The zero-order chi connectivity index (χ0) is 15.7. The predicted molar refractivity (Wildman–Crippen MR) is 82.9 cm³/mol. The quantitative estimate of drug-likeness (QED) is 0.744. The Labute approximate surface area is 141 Å². The van der Waals surface area contributed by atoms with E-state index in [0.717, 1.165) is 12.8 Å². The van der Waals surface area contributed by atoms with Crippen LogP contribution in [0.15, 0.2) is 17.3 Å². The lowest BCUT2D eigenvalue weighted by molar-refractivity contribution is -0.133. The summed E-state index contributed by atoms with van der Waals surface area (Å²) >= 11 is 17.3. The van der Waals surface area contributed by atoms with Crippen molar-refractivity contribution in [3.8, 4) is 0 Å². The zero-order valence-corrected chi connectivity index (χ0v) is 13.5. The number of guanidine groups is 1. The normalized spacial score (nSPS) is 25.0. The Balaban J connectivity index is 1.78. The van der Waals surface area contributed by atoms with Gasteiger partial charge in [0.05, 0.1) is 11.6 Å². The minimum absolute atomic E-state index is 0.139. The van der Waals surface area contributed by atoms with Gasteiger partial charge < -0.3 is 4.74 Å². The number of alkyl halides is 3. The first-order valence-electron chi connectivity index (χ1n) is 6.61. The molecule has 10 heteroatoms. The summed E-state index contributed by atoms with van der Waals surface area (Å²) < 4.78 is 3.85. The third kappa shape index (κ3) is 3.43. The highest BCUT2D eigenvalue weighted by atomic mass is 35.6. The fourth-order valence-corrected chi connectivity index (χ4v) is 2.58. The number of aromatic nitrogens is 2. The standard InChI is InChI=1S/C12H12Cl3N5O2/c13-12(14,15)7-3-4-16-10(17-7)20-11-18-8(21)6-2-1-5-22-9(6)19-11/h3-4,6,9H,1-2,5H2,(H2,16,17,18,19,20,21)/t6-,9-/m0/s1. The van der Waals surface area contributed by atoms with Crippen molar-refractivity contribution in [2.75, 3.05) is 11.9 Å². The third-order valence-electron chi connectivity index (χ3n) is 3.30. The van der Waals surface area contributed by atoms with Gasteiger partial charge in [0, 0.05) is 12.8 Å². The van der Waals surface area contributed by atoms with Crippen LogP contribution in [-0.2, 0) is 13.3 Å². The molecule has 1 fully saturated rings. The van der Waals surface area contributed by atoms with Crippen LogP contribution in [0.5, 0.6) is 0 Å². The number of nitrogens with one attached hydrogen (secondary N) is 2. The van der Waals surface area contributed by atoms with Gasteiger partial charge in [-0.3, -0.25) is 15.4 Å². The molecule has 3 rings (SSSR count). The molecule has 0 spiro atoms. The highest BCUT2D eigenvalue weighted by Crippen LogP contribution is 2.36. The molecule has 1 saturated heterocycles. The van der Waals surface area contributed by atoms with Crippen molar-refractivity contribution in [2.24, 2.45) is 10.9 Å². The number of aliphatic imine (C=N–C) groups is 1. The predicted octanol–water partition coefficient (Wildman–Crippen LogP) is 1.95. The minimum Gasteiger partial charge on any atom is -0.356 e. The molecule has 7 nitrogen and oxygen atoms in total. The number of hydrogen-bond donors (Lipinski definition) is 2. The van der Waals surface area contributed by atoms with E-state index in [1.807, 2.05) is 0 Å². The van der Waals surface area contributed by atoms with E-state index in [-0.39, 0.29) is 29.4 Å². The molecule has 2 atom stereocenters. The maximum absolute atomic E-state index is 12.0. The molecule has 3 heterocycles. The van der Waals surface area contributed by atoms with Gasteiger partial charge in [-0.1, -0.05) is 34.8 Å².